The first-order valence-corrected chi connectivity index (χ1v) is 11.5. The zero-order chi connectivity index (χ0) is 24.8. The number of aromatic nitrogens is 2. The van der Waals surface area contributed by atoms with E-state index in [0.29, 0.717) is 35.0 Å². The molecular weight excluding hydrogens is 462 g/mol. The Morgan fingerprint density at radius 3 is 2.40 bits per heavy atom. The van der Waals surface area contributed by atoms with Gasteiger partial charge in [-0.05, 0) is 43.7 Å². The molecule has 0 bridgehead atoms. The zero-order valence-electron chi connectivity index (χ0n) is 19.0. The summed E-state index contributed by atoms with van der Waals surface area (Å²) in [6.45, 7) is 0.651. The first-order valence-electron chi connectivity index (χ1n) is 11.5. The number of halogens is 4. The predicted octanol–water partition coefficient (Wildman–Crippen LogP) is 5.72. The number of alkyl halides is 3. The van der Waals surface area contributed by atoms with Gasteiger partial charge in [0.05, 0.1) is 0 Å². The summed E-state index contributed by atoms with van der Waals surface area (Å²) < 4.78 is 56.8. The second-order valence-corrected chi connectivity index (χ2v) is 8.61. The highest BCUT2D eigenvalue weighted by Gasteiger charge is 2.32. The van der Waals surface area contributed by atoms with Crippen LogP contribution in [0.25, 0.3) is 11.1 Å². The summed E-state index contributed by atoms with van der Waals surface area (Å²) in [6, 6.07) is 12.4. The van der Waals surface area contributed by atoms with Crippen molar-refractivity contribution in [2.75, 3.05) is 17.2 Å². The summed E-state index contributed by atoms with van der Waals surface area (Å²) >= 11 is 0. The number of benzene rings is 2. The third-order valence-corrected chi connectivity index (χ3v) is 6.04. The molecule has 1 saturated carbocycles. The fraction of sp³-hybridized carbons (Fsp3) is 0.360. The van der Waals surface area contributed by atoms with E-state index in [1.807, 2.05) is 0 Å². The highest BCUT2D eigenvalue weighted by molar-refractivity contribution is 5.75. The van der Waals surface area contributed by atoms with Gasteiger partial charge in [0.25, 0.3) is 0 Å². The van der Waals surface area contributed by atoms with E-state index in [2.05, 4.69) is 25.3 Å². The molecule has 1 aliphatic carbocycles. The van der Waals surface area contributed by atoms with Crippen molar-refractivity contribution in [3.63, 3.8) is 0 Å². The van der Waals surface area contributed by atoms with Crippen LogP contribution < -0.4 is 21.1 Å². The van der Waals surface area contributed by atoms with Gasteiger partial charge in [-0.3, -0.25) is 0 Å². The maximum atomic E-state index is 14.5. The molecule has 0 spiro atoms. The molecule has 35 heavy (non-hydrogen) atoms. The average molecular weight is 490 g/mol. The Balaban J connectivity index is 1.54. The lowest BCUT2D eigenvalue weighted by atomic mass is 9.86. The molecule has 0 amide bonds. The summed E-state index contributed by atoms with van der Waals surface area (Å²) in [4.78, 5) is 8.79. The normalized spacial score (nSPS) is 18.2. The summed E-state index contributed by atoms with van der Waals surface area (Å²) in [5.41, 5.74) is 7.16. The topological polar surface area (TPSA) is 85.1 Å². The minimum Gasteiger partial charge on any atom is -0.405 e. The van der Waals surface area contributed by atoms with Crippen LogP contribution in [0, 0.1) is 11.7 Å². The van der Waals surface area contributed by atoms with Crippen molar-refractivity contribution in [2.45, 2.75) is 44.6 Å². The first-order chi connectivity index (χ1) is 16.8. The molecule has 1 heterocycles. The van der Waals surface area contributed by atoms with E-state index in [9.17, 15) is 17.6 Å². The molecule has 3 aromatic rings. The molecule has 0 unspecified atom stereocenters. The second-order valence-electron chi connectivity index (χ2n) is 8.61. The Morgan fingerprint density at radius 2 is 1.66 bits per heavy atom. The van der Waals surface area contributed by atoms with Crippen LogP contribution >= 0.6 is 0 Å². The van der Waals surface area contributed by atoms with E-state index in [1.54, 1.807) is 24.3 Å². The highest BCUT2D eigenvalue weighted by Crippen LogP contribution is 2.31. The third-order valence-electron chi connectivity index (χ3n) is 6.04. The van der Waals surface area contributed by atoms with Gasteiger partial charge in [-0.1, -0.05) is 36.4 Å². The lowest BCUT2D eigenvalue weighted by molar-refractivity contribution is -0.274. The molecule has 6 nitrogen and oxygen atoms in total. The molecule has 0 radical (unpaired) electrons. The number of nitrogens with one attached hydrogen (secondary N) is 2. The molecule has 186 valence electrons. The van der Waals surface area contributed by atoms with Gasteiger partial charge in [0.2, 0.25) is 5.95 Å². The Labute approximate surface area is 200 Å². The van der Waals surface area contributed by atoms with Crippen LogP contribution in [0.3, 0.4) is 0 Å². The fourth-order valence-corrected chi connectivity index (χ4v) is 4.16. The predicted molar refractivity (Wildman–Crippen MR) is 126 cm³/mol. The molecule has 0 saturated heterocycles. The molecule has 4 N–H and O–H groups in total. The molecule has 1 aliphatic rings. The van der Waals surface area contributed by atoms with Gasteiger partial charge in [0.1, 0.15) is 17.4 Å². The molecule has 0 atom stereocenters. The van der Waals surface area contributed by atoms with Crippen molar-refractivity contribution >= 4 is 11.8 Å². The third kappa shape index (κ3) is 6.82. The summed E-state index contributed by atoms with van der Waals surface area (Å²) in [5, 5.41) is 6.28. The average Bonchev–Trinajstić information content (AvgIpc) is 2.83. The van der Waals surface area contributed by atoms with E-state index >= 15 is 0 Å². The minimum absolute atomic E-state index is 0.00521. The van der Waals surface area contributed by atoms with Crippen LogP contribution in [-0.2, 0) is 6.54 Å². The van der Waals surface area contributed by atoms with E-state index in [-0.39, 0.29) is 24.3 Å². The standard InChI is InChI=1S/C25H27F4N5O/c26-21-7-3-2-6-19(21)20-15-33-24(34-23(20)31-13-16-9-11-18(30)12-10-16)32-14-17-5-1-4-8-22(17)35-25(27,28)29/h1-8,15-16,18H,9-14,30H2,(H2,31,32,33,34)/t16-,18-. The summed E-state index contributed by atoms with van der Waals surface area (Å²) in [6.07, 6.45) is 0.620. The van der Waals surface area contributed by atoms with E-state index in [4.69, 9.17) is 5.73 Å². The van der Waals surface area contributed by atoms with Crippen LogP contribution in [0.2, 0.25) is 0 Å². The number of ether oxygens (including phenoxy) is 1. The quantitative estimate of drug-likeness (QED) is 0.351. The lowest BCUT2D eigenvalue weighted by Crippen LogP contribution is -2.29. The Bertz CT molecular complexity index is 1130. The van der Waals surface area contributed by atoms with Crippen LogP contribution in [0.4, 0.5) is 29.3 Å². The highest BCUT2D eigenvalue weighted by atomic mass is 19.4. The lowest BCUT2D eigenvalue weighted by Gasteiger charge is -2.26. The zero-order valence-corrected chi connectivity index (χ0v) is 19.0. The van der Waals surface area contributed by atoms with Crippen LogP contribution in [-0.4, -0.2) is 28.9 Å². The van der Waals surface area contributed by atoms with Crippen molar-refractivity contribution in [2.24, 2.45) is 11.7 Å². The van der Waals surface area contributed by atoms with E-state index < -0.39 is 12.2 Å². The van der Waals surface area contributed by atoms with Gasteiger partial charge in [0, 0.05) is 42.0 Å². The van der Waals surface area contributed by atoms with Crippen molar-refractivity contribution in [3.05, 3.63) is 66.1 Å². The minimum atomic E-state index is -4.80. The molecular formula is C25H27F4N5O. The summed E-state index contributed by atoms with van der Waals surface area (Å²) in [7, 11) is 0. The number of anilines is 2. The van der Waals surface area contributed by atoms with Gasteiger partial charge in [-0.2, -0.15) is 4.98 Å². The molecule has 0 aliphatic heterocycles. The van der Waals surface area contributed by atoms with Crippen molar-refractivity contribution in [1.82, 2.24) is 9.97 Å². The monoisotopic (exact) mass is 489 g/mol. The van der Waals surface area contributed by atoms with Crippen LogP contribution in [0.1, 0.15) is 31.2 Å². The Morgan fingerprint density at radius 1 is 0.943 bits per heavy atom. The summed E-state index contributed by atoms with van der Waals surface area (Å²) in [5.74, 6) is 0.356. The van der Waals surface area contributed by atoms with Gasteiger partial charge in [-0.15, -0.1) is 13.2 Å². The van der Waals surface area contributed by atoms with E-state index in [1.165, 1.54) is 30.5 Å². The molecule has 10 heteroatoms. The van der Waals surface area contributed by atoms with E-state index in [0.717, 1.165) is 25.7 Å². The SMILES string of the molecule is N[C@H]1CC[C@H](CNc2nc(NCc3ccccc3OC(F)(F)F)ncc2-c2ccccc2F)CC1. The Kier molecular flexibility index (Phi) is 7.70. The number of hydrogen-bond donors (Lipinski definition) is 3. The molecule has 4 rings (SSSR count). The largest absolute Gasteiger partial charge is 0.573 e. The number of para-hydroxylation sites is 1. The van der Waals surface area contributed by atoms with Gasteiger partial charge < -0.3 is 21.1 Å². The van der Waals surface area contributed by atoms with Crippen LogP contribution in [0.5, 0.6) is 5.75 Å². The number of nitrogens with zero attached hydrogens (tertiary/aromatic N) is 2. The van der Waals surface area contributed by atoms with Crippen molar-refractivity contribution in [1.29, 1.82) is 0 Å². The molecule has 1 fully saturated rings. The smallest absolute Gasteiger partial charge is 0.405 e. The molecule has 1 aromatic heterocycles. The number of rotatable bonds is 8. The van der Waals surface area contributed by atoms with Crippen molar-refractivity contribution < 1.29 is 22.3 Å². The van der Waals surface area contributed by atoms with Gasteiger partial charge >= 0.3 is 6.36 Å². The number of hydrogen-bond acceptors (Lipinski definition) is 6. The van der Waals surface area contributed by atoms with Gasteiger partial charge in [-0.25, -0.2) is 9.37 Å². The maximum Gasteiger partial charge on any atom is 0.573 e. The van der Waals surface area contributed by atoms with Crippen LogP contribution in [0.15, 0.2) is 54.7 Å². The maximum absolute atomic E-state index is 14.5. The van der Waals surface area contributed by atoms with Crippen molar-refractivity contribution in [3.8, 4) is 16.9 Å². The number of nitrogens with two attached hydrogens (primary N) is 1. The second kappa shape index (κ2) is 10.9. The van der Waals surface area contributed by atoms with Gasteiger partial charge in [0.15, 0.2) is 0 Å². The Hall–Kier alpha value is -3.40. The molecule has 2 aromatic carbocycles. The fourth-order valence-electron chi connectivity index (χ4n) is 4.16. The first kappa shape index (κ1) is 24.7.